The highest BCUT2D eigenvalue weighted by Crippen LogP contribution is 2.19. The Morgan fingerprint density at radius 3 is 3.00 bits per heavy atom. The third-order valence-corrected chi connectivity index (χ3v) is 1.94. The summed E-state index contributed by atoms with van der Waals surface area (Å²) in [5.41, 5.74) is 8.33. The zero-order valence-electron chi connectivity index (χ0n) is 9.51. The molecule has 1 aromatic carbocycles. The van der Waals surface area contributed by atoms with Crippen LogP contribution < -0.4 is 15.9 Å². The number of carbonyl (C=O) groups is 1. The molecule has 0 heterocycles. The third-order valence-electron chi connectivity index (χ3n) is 1.94. The number of aliphatic hydroxyl groups excluding tert-OH is 1. The smallest absolute Gasteiger partial charge is 0.332 e. The minimum Gasteiger partial charge on any atom is -0.494 e. The van der Waals surface area contributed by atoms with Crippen molar-refractivity contribution < 1.29 is 14.6 Å². The quantitative estimate of drug-likeness (QED) is 0.516. The Hall–Kier alpha value is -2.08. The van der Waals surface area contributed by atoms with Crippen LogP contribution in [0.25, 0.3) is 0 Å². The summed E-state index contributed by atoms with van der Waals surface area (Å²) in [5, 5.41) is 12.8. The predicted molar refractivity (Wildman–Crippen MR) is 63.8 cm³/mol. The van der Waals surface area contributed by atoms with Crippen LogP contribution in [0.3, 0.4) is 0 Å². The van der Waals surface area contributed by atoms with Crippen molar-refractivity contribution in [3.8, 4) is 5.75 Å². The number of aliphatic hydroxyl groups is 1. The van der Waals surface area contributed by atoms with Gasteiger partial charge >= 0.3 is 6.03 Å². The van der Waals surface area contributed by atoms with E-state index in [1.54, 1.807) is 18.2 Å². The van der Waals surface area contributed by atoms with Crippen LogP contribution in [-0.4, -0.2) is 24.0 Å². The van der Waals surface area contributed by atoms with Crippen molar-refractivity contribution in [3.05, 3.63) is 29.3 Å². The molecule has 0 aromatic heterocycles. The Kier molecular flexibility index (Phi) is 4.96. The molecule has 0 aliphatic rings. The van der Waals surface area contributed by atoms with Gasteiger partial charge in [-0.05, 0) is 30.7 Å². The highest BCUT2D eigenvalue weighted by Gasteiger charge is 2.02. The fraction of sp³-hybridized carbons (Fsp3) is 0.273. The SMILES string of the molecule is CCOc1ccc(C=NNC(N)=O)cc1CO. The number of rotatable bonds is 5. The number of urea groups is 1. The fourth-order valence-corrected chi connectivity index (χ4v) is 1.27. The second-order valence-corrected chi connectivity index (χ2v) is 3.19. The molecule has 1 rings (SSSR count). The van der Waals surface area contributed by atoms with Crippen LogP contribution in [0, 0.1) is 0 Å². The lowest BCUT2D eigenvalue weighted by atomic mass is 10.1. The number of amides is 2. The number of ether oxygens (including phenoxy) is 1. The standard InChI is InChI=1S/C11H15N3O3/c1-2-17-10-4-3-8(5-9(10)7-15)6-13-14-11(12)16/h3-6,15H,2,7H2,1H3,(H3,12,14,16). The van der Waals surface area contributed by atoms with Crippen molar-refractivity contribution in [2.24, 2.45) is 10.8 Å². The van der Waals surface area contributed by atoms with E-state index in [-0.39, 0.29) is 6.61 Å². The highest BCUT2D eigenvalue weighted by atomic mass is 16.5. The van der Waals surface area contributed by atoms with Crippen molar-refractivity contribution >= 4 is 12.2 Å². The molecule has 0 atom stereocenters. The molecule has 0 radical (unpaired) electrons. The molecule has 0 spiro atoms. The summed E-state index contributed by atoms with van der Waals surface area (Å²) in [5.74, 6) is 0.634. The predicted octanol–water partition coefficient (Wildman–Crippen LogP) is 0.580. The van der Waals surface area contributed by atoms with Crippen molar-refractivity contribution in [2.45, 2.75) is 13.5 Å². The number of nitrogens with one attached hydrogen (secondary N) is 1. The minimum atomic E-state index is -0.727. The van der Waals surface area contributed by atoms with Crippen molar-refractivity contribution in [1.82, 2.24) is 5.43 Å². The van der Waals surface area contributed by atoms with Crippen molar-refractivity contribution in [2.75, 3.05) is 6.61 Å². The number of hydrogen-bond acceptors (Lipinski definition) is 4. The van der Waals surface area contributed by atoms with Gasteiger partial charge in [-0.3, -0.25) is 0 Å². The molecular formula is C11H15N3O3. The molecule has 2 amide bonds. The van der Waals surface area contributed by atoms with Gasteiger partial charge < -0.3 is 15.6 Å². The number of benzene rings is 1. The molecule has 92 valence electrons. The van der Waals surface area contributed by atoms with Gasteiger partial charge in [-0.15, -0.1) is 0 Å². The summed E-state index contributed by atoms with van der Waals surface area (Å²) >= 11 is 0. The maximum atomic E-state index is 10.4. The average molecular weight is 237 g/mol. The van der Waals surface area contributed by atoms with Crippen LogP contribution in [0.2, 0.25) is 0 Å². The second kappa shape index (κ2) is 6.49. The lowest BCUT2D eigenvalue weighted by molar-refractivity contribution is 0.249. The maximum Gasteiger partial charge on any atom is 0.332 e. The van der Waals surface area contributed by atoms with Crippen LogP contribution in [0.1, 0.15) is 18.1 Å². The zero-order chi connectivity index (χ0) is 12.7. The summed E-state index contributed by atoms with van der Waals surface area (Å²) in [6.45, 7) is 2.28. The lowest BCUT2D eigenvalue weighted by Gasteiger charge is -2.08. The molecule has 0 aliphatic heterocycles. The van der Waals surface area contributed by atoms with E-state index in [4.69, 9.17) is 15.6 Å². The molecule has 4 N–H and O–H groups in total. The number of hydrogen-bond donors (Lipinski definition) is 3. The number of hydrazone groups is 1. The molecule has 0 saturated heterocycles. The Morgan fingerprint density at radius 1 is 1.65 bits per heavy atom. The first-order valence-electron chi connectivity index (χ1n) is 5.12. The summed E-state index contributed by atoms with van der Waals surface area (Å²) in [7, 11) is 0. The number of carbonyl (C=O) groups excluding carboxylic acids is 1. The monoisotopic (exact) mass is 237 g/mol. The molecular weight excluding hydrogens is 222 g/mol. The summed E-state index contributed by atoms with van der Waals surface area (Å²) in [6, 6.07) is 4.49. The Labute approximate surface area is 99.1 Å². The van der Waals surface area contributed by atoms with Gasteiger partial charge in [0.05, 0.1) is 19.4 Å². The van der Waals surface area contributed by atoms with E-state index in [9.17, 15) is 4.79 Å². The van der Waals surface area contributed by atoms with E-state index in [1.807, 2.05) is 6.92 Å². The second-order valence-electron chi connectivity index (χ2n) is 3.19. The third kappa shape index (κ3) is 4.12. The molecule has 0 unspecified atom stereocenters. The van der Waals surface area contributed by atoms with Gasteiger partial charge in [-0.1, -0.05) is 0 Å². The van der Waals surface area contributed by atoms with Crippen molar-refractivity contribution in [1.29, 1.82) is 0 Å². The van der Waals surface area contributed by atoms with Gasteiger partial charge in [-0.25, -0.2) is 10.2 Å². The van der Waals surface area contributed by atoms with E-state index in [0.717, 1.165) is 5.56 Å². The number of nitrogens with zero attached hydrogens (tertiary/aromatic N) is 1. The minimum absolute atomic E-state index is 0.125. The Morgan fingerprint density at radius 2 is 2.41 bits per heavy atom. The summed E-state index contributed by atoms with van der Waals surface area (Å²) < 4.78 is 5.33. The fourth-order valence-electron chi connectivity index (χ4n) is 1.27. The lowest BCUT2D eigenvalue weighted by Crippen LogP contribution is -2.24. The molecule has 17 heavy (non-hydrogen) atoms. The number of nitrogens with two attached hydrogens (primary N) is 1. The topological polar surface area (TPSA) is 96.9 Å². The first kappa shape index (κ1) is 13.0. The Bertz CT molecular complexity index is 418. The van der Waals surface area contributed by atoms with Crippen LogP contribution >= 0.6 is 0 Å². The number of primary amides is 1. The molecule has 0 fully saturated rings. The normalized spacial score (nSPS) is 10.5. The molecule has 1 aromatic rings. The van der Waals surface area contributed by atoms with Gasteiger partial charge in [0.1, 0.15) is 5.75 Å². The highest BCUT2D eigenvalue weighted by molar-refractivity contribution is 5.82. The van der Waals surface area contributed by atoms with E-state index in [0.29, 0.717) is 17.9 Å². The van der Waals surface area contributed by atoms with Gasteiger partial charge in [0.2, 0.25) is 0 Å². The van der Waals surface area contributed by atoms with E-state index in [1.165, 1.54) is 6.21 Å². The largest absolute Gasteiger partial charge is 0.494 e. The first-order chi connectivity index (χ1) is 8.17. The van der Waals surface area contributed by atoms with E-state index >= 15 is 0 Å². The average Bonchev–Trinajstić information content (AvgIpc) is 2.30. The molecule has 6 nitrogen and oxygen atoms in total. The van der Waals surface area contributed by atoms with Crippen molar-refractivity contribution in [3.63, 3.8) is 0 Å². The molecule has 0 aliphatic carbocycles. The van der Waals surface area contributed by atoms with E-state index < -0.39 is 6.03 Å². The molecule has 6 heteroatoms. The van der Waals surface area contributed by atoms with Crippen LogP contribution in [0.5, 0.6) is 5.75 Å². The molecule has 0 saturated carbocycles. The Balaban J connectivity index is 2.81. The van der Waals surface area contributed by atoms with Gasteiger partial charge in [0.25, 0.3) is 0 Å². The van der Waals surface area contributed by atoms with Crippen LogP contribution in [0.4, 0.5) is 4.79 Å². The van der Waals surface area contributed by atoms with E-state index in [2.05, 4.69) is 10.5 Å². The van der Waals surface area contributed by atoms with Gasteiger partial charge in [0, 0.05) is 5.56 Å². The first-order valence-corrected chi connectivity index (χ1v) is 5.12. The maximum absolute atomic E-state index is 10.4. The van der Waals surface area contributed by atoms with Crippen LogP contribution in [0.15, 0.2) is 23.3 Å². The summed E-state index contributed by atoms with van der Waals surface area (Å²) in [6.07, 6.45) is 1.43. The summed E-state index contributed by atoms with van der Waals surface area (Å²) in [4.78, 5) is 10.4. The molecule has 0 bridgehead atoms. The zero-order valence-corrected chi connectivity index (χ0v) is 9.51. The van der Waals surface area contributed by atoms with Gasteiger partial charge in [0.15, 0.2) is 0 Å². The van der Waals surface area contributed by atoms with Crippen LogP contribution in [-0.2, 0) is 6.61 Å². The van der Waals surface area contributed by atoms with Gasteiger partial charge in [-0.2, -0.15) is 5.10 Å².